The van der Waals surface area contributed by atoms with Crippen molar-refractivity contribution in [3.05, 3.63) is 42.0 Å². The summed E-state index contributed by atoms with van der Waals surface area (Å²) in [6.45, 7) is 3.23. The number of ether oxygens (including phenoxy) is 3. The van der Waals surface area contributed by atoms with Crippen molar-refractivity contribution in [1.29, 1.82) is 0 Å². The second kappa shape index (κ2) is 6.65. The minimum absolute atomic E-state index is 0.259. The third kappa shape index (κ3) is 3.01. The molecule has 0 amide bonds. The van der Waals surface area contributed by atoms with Gasteiger partial charge in [0, 0.05) is 30.9 Å². The molecule has 1 saturated heterocycles. The van der Waals surface area contributed by atoms with Crippen molar-refractivity contribution in [1.82, 2.24) is 14.9 Å². The van der Waals surface area contributed by atoms with Crippen LogP contribution in [0.1, 0.15) is 30.0 Å². The molecule has 0 spiro atoms. The molecule has 1 fully saturated rings. The number of rotatable bonds is 4. The number of nitrogens with zero attached hydrogens (tertiary/aromatic N) is 3. The van der Waals surface area contributed by atoms with Gasteiger partial charge in [0.15, 0.2) is 11.5 Å². The fourth-order valence-corrected chi connectivity index (χ4v) is 3.52. The zero-order valence-corrected chi connectivity index (χ0v) is 13.8. The van der Waals surface area contributed by atoms with Crippen LogP contribution in [0.25, 0.3) is 0 Å². The first-order valence-electron chi connectivity index (χ1n) is 8.28. The van der Waals surface area contributed by atoms with Crippen LogP contribution in [-0.4, -0.2) is 41.9 Å². The van der Waals surface area contributed by atoms with E-state index in [0.29, 0.717) is 11.7 Å². The molecule has 1 aromatic heterocycles. The van der Waals surface area contributed by atoms with Gasteiger partial charge in [-0.3, -0.25) is 4.90 Å². The van der Waals surface area contributed by atoms with Gasteiger partial charge in [-0.05, 0) is 43.1 Å². The molecule has 0 aliphatic carbocycles. The first-order chi connectivity index (χ1) is 11.8. The van der Waals surface area contributed by atoms with E-state index < -0.39 is 0 Å². The SMILES string of the molecule is COc1cc(CN2CCC[C@H](c3ccncn3)C2)cc2c1OCO2. The molecule has 0 unspecified atom stereocenters. The average molecular weight is 327 g/mol. The second-order valence-corrected chi connectivity index (χ2v) is 6.24. The molecule has 126 valence electrons. The van der Waals surface area contributed by atoms with Crippen molar-refractivity contribution in [3.8, 4) is 17.2 Å². The fraction of sp³-hybridized carbons (Fsp3) is 0.444. The molecular formula is C18H21N3O3. The Balaban J connectivity index is 1.49. The van der Waals surface area contributed by atoms with Gasteiger partial charge in [-0.25, -0.2) is 9.97 Å². The summed E-state index contributed by atoms with van der Waals surface area (Å²) in [7, 11) is 1.66. The molecule has 0 saturated carbocycles. The van der Waals surface area contributed by atoms with Crippen LogP contribution in [0.3, 0.4) is 0 Å². The molecule has 4 rings (SSSR count). The van der Waals surface area contributed by atoms with Gasteiger partial charge in [0.25, 0.3) is 0 Å². The Morgan fingerprint density at radius 2 is 2.29 bits per heavy atom. The highest BCUT2D eigenvalue weighted by Crippen LogP contribution is 2.42. The van der Waals surface area contributed by atoms with E-state index in [-0.39, 0.29) is 6.79 Å². The Bertz CT molecular complexity index is 708. The predicted molar refractivity (Wildman–Crippen MR) is 88.4 cm³/mol. The molecule has 1 atom stereocenters. The van der Waals surface area contributed by atoms with Crippen LogP contribution in [0.5, 0.6) is 17.2 Å². The van der Waals surface area contributed by atoms with Crippen molar-refractivity contribution >= 4 is 0 Å². The maximum absolute atomic E-state index is 5.52. The molecule has 6 nitrogen and oxygen atoms in total. The fourth-order valence-electron chi connectivity index (χ4n) is 3.52. The summed E-state index contributed by atoms with van der Waals surface area (Å²) >= 11 is 0. The quantitative estimate of drug-likeness (QED) is 0.860. The smallest absolute Gasteiger partial charge is 0.231 e. The van der Waals surface area contributed by atoms with Crippen LogP contribution < -0.4 is 14.2 Å². The number of hydrogen-bond acceptors (Lipinski definition) is 6. The number of hydrogen-bond donors (Lipinski definition) is 0. The van der Waals surface area contributed by atoms with Crippen LogP contribution in [0.15, 0.2) is 30.7 Å². The van der Waals surface area contributed by atoms with Crippen molar-refractivity contribution in [3.63, 3.8) is 0 Å². The van der Waals surface area contributed by atoms with E-state index in [1.54, 1.807) is 13.4 Å². The largest absolute Gasteiger partial charge is 0.493 e. The van der Waals surface area contributed by atoms with Crippen LogP contribution in [0, 0.1) is 0 Å². The lowest BCUT2D eigenvalue weighted by Crippen LogP contribution is -2.34. The zero-order valence-electron chi connectivity index (χ0n) is 13.8. The van der Waals surface area contributed by atoms with Gasteiger partial charge in [-0.15, -0.1) is 0 Å². The van der Waals surface area contributed by atoms with E-state index in [2.05, 4.69) is 20.9 Å². The standard InChI is InChI=1S/C18H21N3O3/c1-22-16-7-13(8-17-18(16)24-12-23-17)9-21-6-2-3-14(10-21)15-4-5-19-11-20-15/h4-5,7-8,11,14H,2-3,6,9-10,12H2,1H3/t14-/m0/s1. The topological polar surface area (TPSA) is 56.7 Å². The van der Waals surface area contributed by atoms with E-state index in [0.717, 1.165) is 36.8 Å². The third-order valence-electron chi connectivity index (χ3n) is 4.65. The van der Waals surface area contributed by atoms with Gasteiger partial charge in [-0.1, -0.05) is 0 Å². The van der Waals surface area contributed by atoms with Gasteiger partial charge >= 0.3 is 0 Å². The lowest BCUT2D eigenvalue weighted by Gasteiger charge is -2.32. The Kier molecular flexibility index (Phi) is 4.21. The summed E-state index contributed by atoms with van der Waals surface area (Å²) in [5.41, 5.74) is 2.32. The molecular weight excluding hydrogens is 306 g/mol. The van der Waals surface area contributed by atoms with Crippen LogP contribution in [0.2, 0.25) is 0 Å². The number of benzene rings is 1. The number of methoxy groups -OCH3 is 1. The van der Waals surface area contributed by atoms with E-state index in [9.17, 15) is 0 Å². The third-order valence-corrected chi connectivity index (χ3v) is 4.65. The normalized spacial score (nSPS) is 20.1. The van der Waals surface area contributed by atoms with Crippen LogP contribution in [0.4, 0.5) is 0 Å². The van der Waals surface area contributed by atoms with Crippen molar-refractivity contribution in [2.75, 3.05) is 27.0 Å². The highest BCUT2D eigenvalue weighted by molar-refractivity contribution is 5.55. The Hall–Kier alpha value is -2.34. The minimum atomic E-state index is 0.259. The number of fused-ring (bicyclic) bond motifs is 1. The summed E-state index contributed by atoms with van der Waals surface area (Å²) in [4.78, 5) is 10.9. The van der Waals surface area contributed by atoms with Crippen LogP contribution in [-0.2, 0) is 6.54 Å². The van der Waals surface area contributed by atoms with Crippen molar-refractivity contribution in [2.45, 2.75) is 25.3 Å². The highest BCUT2D eigenvalue weighted by atomic mass is 16.7. The summed E-state index contributed by atoms with van der Waals surface area (Å²) < 4.78 is 16.4. The van der Waals surface area contributed by atoms with Gasteiger partial charge in [0.2, 0.25) is 12.5 Å². The monoisotopic (exact) mass is 327 g/mol. The maximum atomic E-state index is 5.52. The molecule has 1 aromatic carbocycles. The van der Waals surface area contributed by atoms with Crippen molar-refractivity contribution in [2.24, 2.45) is 0 Å². The summed E-state index contributed by atoms with van der Waals surface area (Å²) in [6.07, 6.45) is 5.81. The van der Waals surface area contributed by atoms with Gasteiger partial charge in [-0.2, -0.15) is 0 Å². The van der Waals surface area contributed by atoms with E-state index in [1.165, 1.54) is 18.4 Å². The molecule has 24 heavy (non-hydrogen) atoms. The highest BCUT2D eigenvalue weighted by Gasteiger charge is 2.24. The van der Waals surface area contributed by atoms with Gasteiger partial charge < -0.3 is 14.2 Å². The van der Waals surface area contributed by atoms with Crippen LogP contribution >= 0.6 is 0 Å². The van der Waals surface area contributed by atoms with E-state index in [1.807, 2.05) is 18.3 Å². The zero-order chi connectivity index (χ0) is 16.4. The predicted octanol–water partition coefficient (Wildman–Crippen LogP) is 2.59. The van der Waals surface area contributed by atoms with E-state index in [4.69, 9.17) is 14.2 Å². The Morgan fingerprint density at radius 3 is 3.12 bits per heavy atom. The molecule has 0 bridgehead atoms. The number of aromatic nitrogens is 2. The van der Waals surface area contributed by atoms with Crippen molar-refractivity contribution < 1.29 is 14.2 Å². The molecule has 6 heteroatoms. The van der Waals surface area contributed by atoms with Gasteiger partial charge in [0.05, 0.1) is 7.11 Å². The maximum Gasteiger partial charge on any atom is 0.231 e. The number of piperidine rings is 1. The molecule has 3 heterocycles. The van der Waals surface area contributed by atoms with E-state index >= 15 is 0 Å². The number of likely N-dealkylation sites (tertiary alicyclic amines) is 1. The second-order valence-electron chi connectivity index (χ2n) is 6.24. The lowest BCUT2D eigenvalue weighted by molar-refractivity contribution is 0.171. The molecule has 2 aromatic rings. The minimum Gasteiger partial charge on any atom is -0.493 e. The molecule has 2 aliphatic rings. The average Bonchev–Trinajstić information content (AvgIpc) is 3.10. The Labute approximate surface area is 141 Å². The summed E-state index contributed by atoms with van der Waals surface area (Å²) in [6, 6.07) is 6.12. The summed E-state index contributed by atoms with van der Waals surface area (Å²) in [5.74, 6) is 2.69. The summed E-state index contributed by atoms with van der Waals surface area (Å²) in [5, 5.41) is 0. The molecule has 2 aliphatic heterocycles. The van der Waals surface area contributed by atoms with Gasteiger partial charge in [0.1, 0.15) is 6.33 Å². The lowest BCUT2D eigenvalue weighted by atomic mass is 9.94. The molecule has 0 N–H and O–H groups in total. The first kappa shape index (κ1) is 15.2. The first-order valence-corrected chi connectivity index (χ1v) is 8.28. The molecule has 0 radical (unpaired) electrons. The Morgan fingerprint density at radius 1 is 1.33 bits per heavy atom.